The van der Waals surface area contributed by atoms with Crippen LogP contribution in [0.2, 0.25) is 0 Å². The van der Waals surface area contributed by atoms with Crippen molar-refractivity contribution in [3.8, 4) is 0 Å². The maximum atomic E-state index is 5.49. The molecule has 3 nitrogen and oxygen atoms in total. The number of rotatable bonds is 7. The lowest BCUT2D eigenvalue weighted by Crippen LogP contribution is -2.35. The highest BCUT2D eigenvalue weighted by molar-refractivity contribution is 4.78. The number of ether oxygens (including phenoxy) is 2. The van der Waals surface area contributed by atoms with Gasteiger partial charge in [-0.2, -0.15) is 0 Å². The van der Waals surface area contributed by atoms with E-state index < -0.39 is 0 Å². The molecule has 1 aliphatic rings. The van der Waals surface area contributed by atoms with Crippen LogP contribution in [0.3, 0.4) is 0 Å². The van der Waals surface area contributed by atoms with Crippen LogP contribution in [0, 0.1) is 0 Å². The molecule has 1 aliphatic heterocycles. The van der Waals surface area contributed by atoms with Gasteiger partial charge in [-0.3, -0.25) is 0 Å². The van der Waals surface area contributed by atoms with E-state index in [1.165, 1.54) is 6.42 Å². The van der Waals surface area contributed by atoms with Gasteiger partial charge in [0.25, 0.3) is 0 Å². The van der Waals surface area contributed by atoms with Crippen molar-refractivity contribution in [2.75, 3.05) is 19.8 Å². The Morgan fingerprint density at radius 1 is 1.40 bits per heavy atom. The highest BCUT2D eigenvalue weighted by Crippen LogP contribution is 2.12. The van der Waals surface area contributed by atoms with E-state index in [4.69, 9.17) is 9.47 Å². The predicted octanol–water partition coefficient (Wildman–Crippen LogP) is 1.96. The Morgan fingerprint density at radius 2 is 2.20 bits per heavy atom. The lowest BCUT2D eigenvalue weighted by atomic mass is 10.1. The molecule has 0 aromatic rings. The summed E-state index contributed by atoms with van der Waals surface area (Å²) >= 11 is 0. The normalized spacial score (nSPS) is 26.4. The highest BCUT2D eigenvalue weighted by Gasteiger charge is 2.22. The van der Waals surface area contributed by atoms with Crippen molar-refractivity contribution in [3.63, 3.8) is 0 Å². The minimum Gasteiger partial charge on any atom is -0.379 e. The average molecular weight is 215 g/mol. The Morgan fingerprint density at radius 3 is 2.80 bits per heavy atom. The summed E-state index contributed by atoms with van der Waals surface area (Å²) in [5, 5.41) is 3.54. The molecule has 1 fully saturated rings. The monoisotopic (exact) mass is 215 g/mol. The van der Waals surface area contributed by atoms with E-state index in [-0.39, 0.29) is 0 Å². The fourth-order valence-corrected chi connectivity index (χ4v) is 1.83. The van der Waals surface area contributed by atoms with Crippen LogP contribution >= 0.6 is 0 Å². The zero-order chi connectivity index (χ0) is 11.1. The van der Waals surface area contributed by atoms with Crippen molar-refractivity contribution in [1.82, 2.24) is 5.32 Å². The van der Waals surface area contributed by atoms with E-state index in [2.05, 4.69) is 26.1 Å². The first-order valence-corrected chi connectivity index (χ1v) is 6.16. The largest absolute Gasteiger partial charge is 0.379 e. The number of hydrogen-bond acceptors (Lipinski definition) is 3. The first-order valence-electron chi connectivity index (χ1n) is 6.16. The van der Waals surface area contributed by atoms with Crippen LogP contribution in [0.5, 0.6) is 0 Å². The summed E-state index contributed by atoms with van der Waals surface area (Å²) in [6.45, 7) is 9.18. The quantitative estimate of drug-likeness (QED) is 0.659. The van der Waals surface area contributed by atoms with E-state index in [9.17, 15) is 0 Å². The Labute approximate surface area is 93.5 Å². The molecule has 90 valence electrons. The van der Waals surface area contributed by atoms with Gasteiger partial charge in [-0.25, -0.2) is 0 Å². The van der Waals surface area contributed by atoms with Crippen LogP contribution in [-0.4, -0.2) is 38.0 Å². The Balaban J connectivity index is 1.88. The number of hydrogen-bond donors (Lipinski definition) is 1. The number of unbranched alkanes of at least 4 members (excludes halogenated alkanes) is 1. The van der Waals surface area contributed by atoms with Crippen LogP contribution in [0.25, 0.3) is 0 Å². The zero-order valence-corrected chi connectivity index (χ0v) is 10.3. The number of nitrogens with one attached hydrogen (secondary N) is 1. The van der Waals surface area contributed by atoms with Crippen molar-refractivity contribution < 1.29 is 9.47 Å². The second kappa shape index (κ2) is 7.20. The molecule has 1 rings (SSSR count). The first-order chi connectivity index (χ1) is 7.20. The van der Waals surface area contributed by atoms with Crippen molar-refractivity contribution in [2.24, 2.45) is 0 Å². The summed E-state index contributed by atoms with van der Waals surface area (Å²) in [5.74, 6) is 0. The third-order valence-electron chi connectivity index (χ3n) is 2.81. The Bertz CT molecular complexity index is 162. The third-order valence-corrected chi connectivity index (χ3v) is 2.81. The van der Waals surface area contributed by atoms with E-state index in [0.717, 1.165) is 32.6 Å². The smallest absolute Gasteiger partial charge is 0.0700 e. The minimum absolute atomic E-state index is 0.362. The lowest BCUT2D eigenvalue weighted by molar-refractivity contribution is 0.0756. The van der Waals surface area contributed by atoms with Crippen molar-refractivity contribution in [2.45, 2.75) is 58.3 Å². The van der Waals surface area contributed by atoms with Crippen molar-refractivity contribution in [3.05, 3.63) is 0 Å². The van der Waals surface area contributed by atoms with Gasteiger partial charge in [-0.1, -0.05) is 0 Å². The second-order valence-corrected chi connectivity index (χ2v) is 4.55. The van der Waals surface area contributed by atoms with Gasteiger partial charge in [-0.05, 0) is 46.6 Å². The standard InChI is InChI=1S/C12H25NO2/c1-10(2)14-8-5-4-7-13-12-6-9-15-11(12)3/h10-13H,4-9H2,1-3H3. The Hall–Kier alpha value is -0.120. The fraction of sp³-hybridized carbons (Fsp3) is 1.00. The van der Waals surface area contributed by atoms with Crippen molar-refractivity contribution in [1.29, 1.82) is 0 Å². The molecule has 1 N–H and O–H groups in total. The lowest BCUT2D eigenvalue weighted by Gasteiger charge is -2.15. The molecule has 0 saturated carbocycles. The van der Waals surface area contributed by atoms with Crippen LogP contribution in [0.4, 0.5) is 0 Å². The average Bonchev–Trinajstić information content (AvgIpc) is 2.57. The summed E-state index contributed by atoms with van der Waals surface area (Å²) in [6, 6.07) is 0.566. The molecule has 0 amide bonds. The summed E-state index contributed by atoms with van der Waals surface area (Å²) in [7, 11) is 0. The van der Waals surface area contributed by atoms with Crippen LogP contribution in [0.1, 0.15) is 40.0 Å². The van der Waals surface area contributed by atoms with Crippen LogP contribution < -0.4 is 5.32 Å². The van der Waals surface area contributed by atoms with E-state index >= 15 is 0 Å². The molecule has 3 heteroatoms. The molecule has 0 aliphatic carbocycles. The molecular weight excluding hydrogens is 190 g/mol. The van der Waals surface area contributed by atoms with Gasteiger partial charge in [0.2, 0.25) is 0 Å². The fourth-order valence-electron chi connectivity index (χ4n) is 1.83. The van der Waals surface area contributed by atoms with E-state index in [1.54, 1.807) is 0 Å². The summed E-state index contributed by atoms with van der Waals surface area (Å²) in [5.41, 5.74) is 0. The summed E-state index contributed by atoms with van der Waals surface area (Å²) in [6.07, 6.45) is 4.24. The molecule has 0 radical (unpaired) electrons. The zero-order valence-electron chi connectivity index (χ0n) is 10.3. The molecule has 0 aromatic carbocycles. The molecule has 0 aromatic heterocycles. The molecule has 15 heavy (non-hydrogen) atoms. The van der Waals surface area contributed by atoms with Gasteiger partial charge in [0.1, 0.15) is 0 Å². The van der Waals surface area contributed by atoms with Crippen molar-refractivity contribution >= 4 is 0 Å². The van der Waals surface area contributed by atoms with Gasteiger partial charge in [-0.15, -0.1) is 0 Å². The summed E-state index contributed by atoms with van der Waals surface area (Å²) in [4.78, 5) is 0. The first kappa shape index (κ1) is 12.9. The molecule has 0 bridgehead atoms. The van der Waals surface area contributed by atoms with Crippen LogP contribution in [-0.2, 0) is 9.47 Å². The maximum absolute atomic E-state index is 5.49. The predicted molar refractivity (Wildman–Crippen MR) is 62.1 cm³/mol. The van der Waals surface area contributed by atoms with E-state index in [0.29, 0.717) is 18.2 Å². The van der Waals surface area contributed by atoms with Gasteiger partial charge in [0.15, 0.2) is 0 Å². The third kappa shape index (κ3) is 5.50. The van der Waals surface area contributed by atoms with Crippen LogP contribution in [0.15, 0.2) is 0 Å². The van der Waals surface area contributed by atoms with Gasteiger partial charge in [0, 0.05) is 19.3 Å². The summed E-state index contributed by atoms with van der Waals surface area (Å²) < 4.78 is 11.0. The molecule has 2 unspecified atom stereocenters. The van der Waals surface area contributed by atoms with Gasteiger partial charge < -0.3 is 14.8 Å². The SMILES string of the molecule is CC(C)OCCCCNC1CCOC1C. The maximum Gasteiger partial charge on any atom is 0.0700 e. The molecular formula is C12H25NO2. The highest BCUT2D eigenvalue weighted by atomic mass is 16.5. The molecule has 1 heterocycles. The van der Waals surface area contributed by atoms with E-state index in [1.807, 2.05) is 0 Å². The minimum atomic E-state index is 0.362. The second-order valence-electron chi connectivity index (χ2n) is 4.55. The topological polar surface area (TPSA) is 30.5 Å². The molecule has 1 saturated heterocycles. The van der Waals surface area contributed by atoms with Gasteiger partial charge >= 0.3 is 0 Å². The van der Waals surface area contributed by atoms with Gasteiger partial charge in [0.05, 0.1) is 12.2 Å². The molecule has 2 atom stereocenters. The molecule has 0 spiro atoms. The Kier molecular flexibility index (Phi) is 6.22.